The first-order valence-corrected chi connectivity index (χ1v) is 7.28. The van der Waals surface area contributed by atoms with Gasteiger partial charge in [0.15, 0.2) is 0 Å². The van der Waals surface area contributed by atoms with Gasteiger partial charge in [-0.1, -0.05) is 27.2 Å². The van der Waals surface area contributed by atoms with Crippen molar-refractivity contribution in [2.24, 2.45) is 5.41 Å². The summed E-state index contributed by atoms with van der Waals surface area (Å²) >= 11 is 0. The molecule has 112 valence electrons. The third-order valence-electron chi connectivity index (χ3n) is 4.89. The molecule has 20 heavy (non-hydrogen) atoms. The van der Waals surface area contributed by atoms with Gasteiger partial charge in [-0.3, -0.25) is 4.68 Å². The van der Waals surface area contributed by atoms with Crippen LogP contribution in [0.4, 0.5) is 13.2 Å². The summed E-state index contributed by atoms with van der Waals surface area (Å²) in [6, 6.07) is 1.16. The van der Waals surface area contributed by atoms with Gasteiger partial charge in [-0.25, -0.2) is 0 Å². The summed E-state index contributed by atoms with van der Waals surface area (Å²) in [5, 5.41) is 4.29. The molecular weight excluding hydrogens is 265 g/mol. The second-order valence-electron chi connectivity index (χ2n) is 7.52. The SMILES string of the molecule is CC(C)(C)c1cc(C(F)(F)F)n(C2CC3(CCC3)C2)n1. The fraction of sp³-hybridized carbons (Fsp3) is 0.800. The molecule has 1 heterocycles. The molecule has 0 N–H and O–H groups in total. The molecule has 0 aromatic carbocycles. The minimum atomic E-state index is -4.32. The van der Waals surface area contributed by atoms with Gasteiger partial charge in [0.25, 0.3) is 0 Å². The molecule has 0 aliphatic heterocycles. The van der Waals surface area contributed by atoms with E-state index in [4.69, 9.17) is 0 Å². The van der Waals surface area contributed by atoms with Crippen LogP contribution >= 0.6 is 0 Å². The van der Waals surface area contributed by atoms with Crippen LogP contribution in [-0.2, 0) is 11.6 Å². The van der Waals surface area contributed by atoms with Gasteiger partial charge in [0.05, 0.1) is 11.7 Å². The minimum absolute atomic E-state index is 0.0666. The second kappa shape index (κ2) is 4.01. The zero-order valence-corrected chi connectivity index (χ0v) is 12.2. The van der Waals surface area contributed by atoms with E-state index in [1.165, 1.54) is 30.0 Å². The van der Waals surface area contributed by atoms with Crippen LogP contribution in [0.1, 0.15) is 70.3 Å². The number of hydrogen-bond donors (Lipinski definition) is 0. The first-order chi connectivity index (χ1) is 9.11. The monoisotopic (exact) mass is 286 g/mol. The van der Waals surface area contributed by atoms with Crippen LogP contribution in [0.2, 0.25) is 0 Å². The van der Waals surface area contributed by atoms with E-state index in [0.717, 1.165) is 12.8 Å². The molecule has 1 aromatic rings. The van der Waals surface area contributed by atoms with Crippen molar-refractivity contribution in [2.45, 2.75) is 70.5 Å². The molecule has 2 nitrogen and oxygen atoms in total. The lowest BCUT2D eigenvalue weighted by atomic mass is 9.54. The molecular formula is C15H21F3N2. The van der Waals surface area contributed by atoms with Gasteiger partial charge in [0.1, 0.15) is 5.69 Å². The highest BCUT2D eigenvalue weighted by atomic mass is 19.4. The molecule has 1 spiro atoms. The number of hydrogen-bond acceptors (Lipinski definition) is 1. The number of aromatic nitrogens is 2. The lowest BCUT2D eigenvalue weighted by molar-refractivity contribution is -0.148. The van der Waals surface area contributed by atoms with Gasteiger partial charge in [-0.2, -0.15) is 18.3 Å². The Hall–Kier alpha value is -1.00. The first kappa shape index (κ1) is 14.0. The van der Waals surface area contributed by atoms with Crippen molar-refractivity contribution in [1.82, 2.24) is 9.78 Å². The van der Waals surface area contributed by atoms with E-state index in [1.54, 1.807) is 0 Å². The van der Waals surface area contributed by atoms with Crippen LogP contribution in [-0.4, -0.2) is 9.78 Å². The minimum Gasteiger partial charge on any atom is -0.257 e. The lowest BCUT2D eigenvalue weighted by Gasteiger charge is -2.54. The highest BCUT2D eigenvalue weighted by molar-refractivity contribution is 5.21. The number of rotatable bonds is 1. The summed E-state index contributed by atoms with van der Waals surface area (Å²) in [6.07, 6.45) is 0.989. The lowest BCUT2D eigenvalue weighted by Crippen LogP contribution is -2.44. The van der Waals surface area contributed by atoms with E-state index in [-0.39, 0.29) is 11.5 Å². The predicted molar refractivity (Wildman–Crippen MR) is 70.5 cm³/mol. The summed E-state index contributed by atoms with van der Waals surface area (Å²) in [5.41, 5.74) is -0.0640. The van der Waals surface area contributed by atoms with Crippen molar-refractivity contribution in [3.8, 4) is 0 Å². The summed E-state index contributed by atoms with van der Waals surface area (Å²) in [6.45, 7) is 5.69. The van der Waals surface area contributed by atoms with Crippen molar-refractivity contribution in [3.63, 3.8) is 0 Å². The Labute approximate surface area is 117 Å². The molecule has 0 bridgehead atoms. The average molecular weight is 286 g/mol. The maximum Gasteiger partial charge on any atom is 0.433 e. The Bertz CT molecular complexity index is 510. The van der Waals surface area contributed by atoms with E-state index in [9.17, 15) is 13.2 Å². The Balaban J connectivity index is 1.91. The van der Waals surface area contributed by atoms with Gasteiger partial charge < -0.3 is 0 Å². The van der Waals surface area contributed by atoms with E-state index in [1.807, 2.05) is 20.8 Å². The standard InChI is InChI=1S/C15H21F3N2/c1-13(2,3)11-7-12(15(16,17)18)20(19-11)10-8-14(9-10)5-4-6-14/h7,10H,4-6,8-9H2,1-3H3. The first-order valence-electron chi connectivity index (χ1n) is 7.28. The molecule has 0 unspecified atom stereocenters. The maximum atomic E-state index is 13.2. The second-order valence-corrected chi connectivity index (χ2v) is 7.52. The zero-order chi connectivity index (χ0) is 14.8. The molecule has 0 radical (unpaired) electrons. The van der Waals surface area contributed by atoms with E-state index < -0.39 is 11.9 Å². The van der Waals surface area contributed by atoms with Crippen LogP contribution in [0.5, 0.6) is 0 Å². The quantitative estimate of drug-likeness (QED) is 0.731. The molecule has 2 aliphatic carbocycles. The van der Waals surface area contributed by atoms with Crippen LogP contribution < -0.4 is 0 Å². The third-order valence-corrected chi connectivity index (χ3v) is 4.89. The summed E-state index contributed by atoms with van der Waals surface area (Å²) in [7, 11) is 0. The summed E-state index contributed by atoms with van der Waals surface area (Å²) in [5.74, 6) is 0. The topological polar surface area (TPSA) is 17.8 Å². The Morgan fingerprint density at radius 2 is 1.80 bits per heavy atom. The van der Waals surface area contributed by atoms with Crippen LogP contribution in [0.15, 0.2) is 6.07 Å². The Morgan fingerprint density at radius 1 is 1.20 bits per heavy atom. The van der Waals surface area contributed by atoms with Gasteiger partial charge in [-0.05, 0) is 37.2 Å². The molecule has 2 fully saturated rings. The fourth-order valence-corrected chi connectivity index (χ4v) is 3.45. The maximum absolute atomic E-state index is 13.2. The van der Waals surface area contributed by atoms with Crippen LogP contribution in [0.25, 0.3) is 0 Å². The Kier molecular flexibility index (Phi) is 2.80. The molecule has 2 saturated carbocycles. The van der Waals surface area contributed by atoms with Crippen molar-refractivity contribution >= 4 is 0 Å². The predicted octanol–water partition coefficient (Wildman–Crippen LogP) is 4.70. The van der Waals surface area contributed by atoms with Crippen LogP contribution in [0.3, 0.4) is 0 Å². The van der Waals surface area contributed by atoms with E-state index in [2.05, 4.69) is 5.10 Å². The Morgan fingerprint density at radius 3 is 2.20 bits per heavy atom. The molecule has 0 saturated heterocycles. The number of alkyl halides is 3. The van der Waals surface area contributed by atoms with Crippen molar-refractivity contribution in [1.29, 1.82) is 0 Å². The van der Waals surface area contributed by atoms with Crippen molar-refractivity contribution in [3.05, 3.63) is 17.5 Å². The number of halogens is 3. The zero-order valence-electron chi connectivity index (χ0n) is 12.2. The molecule has 2 aliphatic rings. The average Bonchev–Trinajstić information content (AvgIpc) is 2.55. The summed E-state index contributed by atoms with van der Waals surface area (Å²) in [4.78, 5) is 0. The number of nitrogens with zero attached hydrogens (tertiary/aromatic N) is 2. The molecule has 5 heteroatoms. The normalized spacial score (nSPS) is 22.7. The van der Waals surface area contributed by atoms with E-state index >= 15 is 0 Å². The van der Waals surface area contributed by atoms with Gasteiger partial charge in [0, 0.05) is 5.41 Å². The third kappa shape index (κ3) is 2.15. The smallest absolute Gasteiger partial charge is 0.257 e. The van der Waals surface area contributed by atoms with Gasteiger partial charge in [0.2, 0.25) is 0 Å². The summed E-state index contributed by atoms with van der Waals surface area (Å²) < 4.78 is 40.8. The van der Waals surface area contributed by atoms with Crippen LogP contribution in [0, 0.1) is 5.41 Å². The molecule has 0 amide bonds. The fourth-order valence-electron chi connectivity index (χ4n) is 3.45. The van der Waals surface area contributed by atoms with Gasteiger partial charge in [-0.15, -0.1) is 0 Å². The molecule has 0 atom stereocenters. The van der Waals surface area contributed by atoms with E-state index in [0.29, 0.717) is 11.1 Å². The highest BCUT2D eigenvalue weighted by Crippen LogP contribution is 2.60. The van der Waals surface area contributed by atoms with Gasteiger partial charge >= 0.3 is 6.18 Å². The van der Waals surface area contributed by atoms with Crippen molar-refractivity contribution in [2.75, 3.05) is 0 Å². The highest BCUT2D eigenvalue weighted by Gasteiger charge is 2.51. The molecule has 3 rings (SSSR count). The largest absolute Gasteiger partial charge is 0.433 e. The molecule has 1 aromatic heterocycles. The van der Waals surface area contributed by atoms with Crippen molar-refractivity contribution < 1.29 is 13.2 Å².